The molecule has 7 N–H and O–H groups in total. The number of nitrogens with one attached hydrogen (secondary N) is 1. The third-order valence-corrected chi connectivity index (χ3v) is 5.07. The highest BCUT2D eigenvalue weighted by Gasteiger charge is 2.19. The van der Waals surface area contributed by atoms with Gasteiger partial charge in [0, 0.05) is 31.8 Å². The SMILES string of the molecule is C#C.C=CCCc1ccccc1.CN1CCC2=CCC(/C(N)=C/C=C(N)N)C=C2CN1. The first-order valence-electron chi connectivity index (χ1n) is 10.5. The first-order chi connectivity index (χ1) is 15.0. The van der Waals surface area contributed by atoms with Crippen LogP contribution in [0.2, 0.25) is 0 Å². The molecule has 1 aromatic carbocycles. The highest BCUT2D eigenvalue weighted by atomic mass is 15.5. The summed E-state index contributed by atoms with van der Waals surface area (Å²) in [5.74, 6) is 0.514. The summed E-state index contributed by atoms with van der Waals surface area (Å²) in [6.07, 6.45) is 22.2. The number of aryl methyl sites for hydroxylation is 1. The third kappa shape index (κ3) is 9.90. The molecule has 0 radical (unpaired) electrons. The molecule has 1 fully saturated rings. The molecule has 0 amide bonds. The van der Waals surface area contributed by atoms with Gasteiger partial charge in [0.25, 0.3) is 0 Å². The number of terminal acetylenes is 1. The minimum Gasteiger partial charge on any atom is -0.402 e. The molecule has 1 aliphatic carbocycles. The van der Waals surface area contributed by atoms with Gasteiger partial charge in [-0.25, -0.2) is 5.01 Å². The Morgan fingerprint density at radius 2 is 1.87 bits per heavy atom. The van der Waals surface area contributed by atoms with Gasteiger partial charge in [0.15, 0.2) is 0 Å². The number of allylic oxidation sites excluding steroid dienone is 5. The second-order valence-electron chi connectivity index (χ2n) is 7.42. The second kappa shape index (κ2) is 14.7. The van der Waals surface area contributed by atoms with Crippen LogP contribution in [0.3, 0.4) is 0 Å². The average Bonchev–Trinajstić information content (AvgIpc) is 2.99. The highest BCUT2D eigenvalue weighted by Crippen LogP contribution is 2.28. The standard InChI is InChI=1S/C14H23N5.C10H12.C2H2/c1-19-7-6-10-2-3-11(8-12(10)9-18-19)13(15)4-5-14(16)17;1-2-3-7-10-8-5-4-6-9-10;1-2/h2,4-5,8,11,18H,3,6-7,9,15-17H2,1H3;2,4-6,8-9H,1,3,7H2;1-2H/b13-4-;;. The maximum atomic E-state index is 6.09. The number of fused-ring (bicyclic) bond motifs is 1. The van der Waals surface area contributed by atoms with Crippen molar-refractivity contribution in [1.82, 2.24) is 10.4 Å². The first-order valence-corrected chi connectivity index (χ1v) is 10.5. The van der Waals surface area contributed by atoms with Gasteiger partial charge in [-0.3, -0.25) is 5.43 Å². The van der Waals surface area contributed by atoms with Gasteiger partial charge >= 0.3 is 0 Å². The summed E-state index contributed by atoms with van der Waals surface area (Å²) in [7, 11) is 2.07. The van der Waals surface area contributed by atoms with Crippen LogP contribution in [0.25, 0.3) is 0 Å². The monoisotopic (exact) mass is 419 g/mol. The van der Waals surface area contributed by atoms with Crippen molar-refractivity contribution in [3.05, 3.63) is 95.5 Å². The summed E-state index contributed by atoms with van der Waals surface area (Å²) >= 11 is 0. The van der Waals surface area contributed by atoms with E-state index >= 15 is 0 Å². The van der Waals surface area contributed by atoms with E-state index in [-0.39, 0.29) is 11.7 Å². The van der Waals surface area contributed by atoms with Crippen molar-refractivity contribution in [2.45, 2.75) is 25.7 Å². The summed E-state index contributed by atoms with van der Waals surface area (Å²) in [4.78, 5) is 0. The molecule has 0 bridgehead atoms. The molecule has 0 saturated carbocycles. The first kappa shape index (κ1) is 25.8. The van der Waals surface area contributed by atoms with Crippen LogP contribution in [0.4, 0.5) is 0 Å². The summed E-state index contributed by atoms with van der Waals surface area (Å²) in [5, 5.41) is 2.13. The molecule has 5 nitrogen and oxygen atoms in total. The van der Waals surface area contributed by atoms with Crippen LogP contribution in [0.15, 0.2) is 90.0 Å². The molecule has 1 unspecified atom stereocenters. The quantitative estimate of drug-likeness (QED) is 0.334. The molecule has 5 heteroatoms. The Bertz CT molecular complexity index is 811. The van der Waals surface area contributed by atoms with Gasteiger partial charge < -0.3 is 17.2 Å². The van der Waals surface area contributed by atoms with Crippen molar-refractivity contribution in [2.24, 2.45) is 23.1 Å². The Kier molecular flexibility index (Phi) is 12.3. The van der Waals surface area contributed by atoms with Gasteiger partial charge in [-0.15, -0.1) is 19.4 Å². The number of hydrogen-bond acceptors (Lipinski definition) is 5. The Morgan fingerprint density at radius 1 is 1.16 bits per heavy atom. The Balaban J connectivity index is 0.000000337. The molecule has 31 heavy (non-hydrogen) atoms. The van der Waals surface area contributed by atoms with Gasteiger partial charge in [-0.1, -0.05) is 48.6 Å². The molecule has 3 rings (SSSR count). The number of nitrogens with two attached hydrogens (primary N) is 3. The maximum absolute atomic E-state index is 6.09. The predicted molar refractivity (Wildman–Crippen MR) is 133 cm³/mol. The van der Waals surface area contributed by atoms with Crippen molar-refractivity contribution in [3.8, 4) is 12.8 Å². The van der Waals surface area contributed by atoms with Crippen LogP contribution in [0, 0.1) is 18.8 Å². The van der Waals surface area contributed by atoms with Gasteiger partial charge in [0.1, 0.15) is 0 Å². The minimum absolute atomic E-state index is 0.236. The van der Waals surface area contributed by atoms with Crippen LogP contribution in [-0.4, -0.2) is 25.1 Å². The van der Waals surface area contributed by atoms with Gasteiger partial charge in [0.2, 0.25) is 0 Å². The lowest BCUT2D eigenvalue weighted by Crippen LogP contribution is -2.34. The second-order valence-corrected chi connectivity index (χ2v) is 7.42. The van der Waals surface area contributed by atoms with E-state index in [4.69, 9.17) is 17.2 Å². The van der Waals surface area contributed by atoms with E-state index in [1.807, 2.05) is 12.1 Å². The van der Waals surface area contributed by atoms with E-state index in [1.165, 1.54) is 16.7 Å². The maximum Gasteiger partial charge on any atom is 0.0934 e. The number of rotatable bonds is 5. The summed E-state index contributed by atoms with van der Waals surface area (Å²) in [5.41, 5.74) is 25.2. The van der Waals surface area contributed by atoms with Gasteiger partial charge in [-0.2, -0.15) is 0 Å². The van der Waals surface area contributed by atoms with Crippen molar-refractivity contribution in [3.63, 3.8) is 0 Å². The lowest BCUT2D eigenvalue weighted by Gasteiger charge is -2.20. The van der Waals surface area contributed by atoms with E-state index in [2.05, 4.69) is 73.3 Å². The fourth-order valence-corrected chi connectivity index (χ4v) is 3.30. The highest BCUT2D eigenvalue weighted by molar-refractivity contribution is 5.39. The molecule has 1 aliphatic heterocycles. The molecule has 1 atom stereocenters. The lowest BCUT2D eigenvalue weighted by atomic mass is 9.87. The number of hydrazine groups is 1. The molecular weight excluding hydrogens is 382 g/mol. The summed E-state index contributed by atoms with van der Waals surface area (Å²) in [6, 6.07) is 10.5. The van der Waals surface area contributed by atoms with Crippen molar-refractivity contribution in [1.29, 1.82) is 0 Å². The normalized spacial score (nSPS) is 18.3. The zero-order valence-electron chi connectivity index (χ0n) is 18.6. The lowest BCUT2D eigenvalue weighted by molar-refractivity contribution is 0.258. The van der Waals surface area contributed by atoms with Crippen LogP contribution < -0.4 is 22.6 Å². The molecule has 0 aromatic heterocycles. The molecule has 0 spiro atoms. The van der Waals surface area contributed by atoms with Crippen LogP contribution in [0.5, 0.6) is 0 Å². The average molecular weight is 420 g/mol. The number of benzene rings is 1. The Morgan fingerprint density at radius 3 is 2.52 bits per heavy atom. The molecule has 166 valence electrons. The van der Waals surface area contributed by atoms with E-state index in [1.54, 1.807) is 12.2 Å². The number of hydrogen-bond donors (Lipinski definition) is 4. The Labute approximate surface area is 188 Å². The molecule has 1 saturated heterocycles. The zero-order chi connectivity index (χ0) is 23.1. The summed E-state index contributed by atoms with van der Waals surface area (Å²) < 4.78 is 0. The van der Waals surface area contributed by atoms with E-state index < -0.39 is 0 Å². The molecule has 2 aliphatic rings. The van der Waals surface area contributed by atoms with Crippen LogP contribution in [0.1, 0.15) is 24.8 Å². The van der Waals surface area contributed by atoms with E-state index in [0.717, 1.165) is 44.5 Å². The van der Waals surface area contributed by atoms with Crippen molar-refractivity contribution >= 4 is 0 Å². The van der Waals surface area contributed by atoms with E-state index in [9.17, 15) is 0 Å². The Hall–Kier alpha value is -3.20. The fraction of sp³-hybridized carbons (Fsp3) is 0.308. The minimum atomic E-state index is 0.236. The largest absolute Gasteiger partial charge is 0.402 e. The van der Waals surface area contributed by atoms with E-state index in [0.29, 0.717) is 0 Å². The molecule has 1 heterocycles. The summed E-state index contributed by atoms with van der Waals surface area (Å²) in [6.45, 7) is 5.57. The van der Waals surface area contributed by atoms with Crippen LogP contribution >= 0.6 is 0 Å². The predicted octanol–water partition coefficient (Wildman–Crippen LogP) is 3.36. The van der Waals surface area contributed by atoms with Gasteiger partial charge in [-0.05, 0) is 54.5 Å². The third-order valence-electron chi connectivity index (χ3n) is 5.07. The number of nitrogens with zero attached hydrogens (tertiary/aromatic N) is 1. The van der Waals surface area contributed by atoms with Crippen molar-refractivity contribution in [2.75, 3.05) is 20.1 Å². The van der Waals surface area contributed by atoms with Gasteiger partial charge in [0.05, 0.1) is 5.82 Å². The molecular formula is C26H37N5. The van der Waals surface area contributed by atoms with Crippen LogP contribution in [-0.2, 0) is 6.42 Å². The fourth-order valence-electron chi connectivity index (χ4n) is 3.30. The van der Waals surface area contributed by atoms with Crippen molar-refractivity contribution < 1.29 is 0 Å². The zero-order valence-corrected chi connectivity index (χ0v) is 18.6. The molecule has 1 aromatic rings. The smallest absolute Gasteiger partial charge is 0.0934 e. The topological polar surface area (TPSA) is 93.3 Å².